The molecule has 306 valence electrons. The largest absolute Gasteiger partial charge is 0.310 e. The van der Waals surface area contributed by atoms with Crippen molar-refractivity contribution < 1.29 is 0 Å². The Kier molecular flexibility index (Phi) is 8.62. The van der Waals surface area contributed by atoms with E-state index in [1.54, 1.807) is 0 Å². The fourth-order valence-corrected chi connectivity index (χ4v) is 11.9. The molecular formula is C61H41N3S. The second-order valence-electron chi connectivity index (χ2n) is 16.9. The van der Waals surface area contributed by atoms with Gasteiger partial charge in [0.25, 0.3) is 0 Å². The minimum Gasteiger partial charge on any atom is -0.310 e. The lowest BCUT2D eigenvalue weighted by atomic mass is 9.64. The van der Waals surface area contributed by atoms with Crippen LogP contribution in [-0.4, -0.2) is 0 Å². The van der Waals surface area contributed by atoms with Gasteiger partial charge in [-0.15, -0.1) is 11.3 Å². The van der Waals surface area contributed by atoms with E-state index in [-0.39, 0.29) is 0 Å². The lowest BCUT2D eigenvalue weighted by Gasteiger charge is -2.45. The lowest BCUT2D eigenvalue weighted by Crippen LogP contribution is -2.36. The number of para-hydroxylation sites is 5. The predicted molar refractivity (Wildman–Crippen MR) is 274 cm³/mol. The third-order valence-corrected chi connectivity index (χ3v) is 14.5. The van der Waals surface area contributed by atoms with Crippen molar-refractivity contribution in [3.63, 3.8) is 0 Å². The van der Waals surface area contributed by atoms with E-state index in [1.807, 2.05) is 11.3 Å². The van der Waals surface area contributed by atoms with Crippen molar-refractivity contribution in [1.82, 2.24) is 0 Å². The Morgan fingerprint density at radius 1 is 0.308 bits per heavy atom. The van der Waals surface area contributed by atoms with Crippen LogP contribution in [0.25, 0.3) is 31.3 Å². The Bertz CT molecular complexity index is 3480. The van der Waals surface area contributed by atoms with Crippen molar-refractivity contribution in [1.29, 1.82) is 0 Å². The predicted octanol–water partition coefficient (Wildman–Crippen LogP) is 17.1. The Morgan fingerprint density at radius 3 is 1.40 bits per heavy atom. The first-order valence-corrected chi connectivity index (χ1v) is 23.1. The molecule has 65 heavy (non-hydrogen) atoms. The zero-order valence-corrected chi connectivity index (χ0v) is 36.2. The maximum absolute atomic E-state index is 2.48. The number of nitrogens with zero attached hydrogens (tertiary/aromatic N) is 3. The highest BCUT2D eigenvalue weighted by Gasteiger charge is 2.51. The number of thiophene rings is 1. The van der Waals surface area contributed by atoms with E-state index in [4.69, 9.17) is 0 Å². The van der Waals surface area contributed by atoms with E-state index in [2.05, 4.69) is 263 Å². The summed E-state index contributed by atoms with van der Waals surface area (Å²) in [5, 5.41) is 2.50. The maximum Gasteiger partial charge on any atom is 0.0754 e. The van der Waals surface area contributed by atoms with Crippen molar-refractivity contribution in [3.8, 4) is 11.1 Å². The van der Waals surface area contributed by atoms with Gasteiger partial charge in [0.1, 0.15) is 0 Å². The number of hydrogen-bond acceptors (Lipinski definition) is 4. The third kappa shape index (κ3) is 5.74. The van der Waals surface area contributed by atoms with Crippen molar-refractivity contribution in [3.05, 3.63) is 271 Å². The maximum atomic E-state index is 2.48. The van der Waals surface area contributed by atoms with Crippen LogP contribution in [0.5, 0.6) is 0 Å². The summed E-state index contributed by atoms with van der Waals surface area (Å²) in [5.41, 5.74) is 17.5. The first kappa shape index (κ1) is 37.4. The van der Waals surface area contributed by atoms with Crippen LogP contribution >= 0.6 is 11.3 Å². The molecule has 10 aromatic carbocycles. The Hall–Kier alpha value is -8.18. The summed E-state index contributed by atoms with van der Waals surface area (Å²) in [4.78, 5) is 7.25. The van der Waals surface area contributed by atoms with Gasteiger partial charge in [0.05, 0.1) is 16.8 Å². The molecule has 2 heterocycles. The van der Waals surface area contributed by atoms with Crippen molar-refractivity contribution in [2.24, 2.45) is 0 Å². The van der Waals surface area contributed by atoms with E-state index < -0.39 is 5.41 Å². The van der Waals surface area contributed by atoms with Gasteiger partial charge in [-0.1, -0.05) is 152 Å². The molecule has 4 heteroatoms. The van der Waals surface area contributed by atoms with Gasteiger partial charge in [-0.25, -0.2) is 0 Å². The molecule has 11 aromatic rings. The molecule has 0 radical (unpaired) electrons. The van der Waals surface area contributed by atoms with E-state index in [0.717, 1.165) is 45.5 Å². The summed E-state index contributed by atoms with van der Waals surface area (Å²) in [5.74, 6) is 0. The van der Waals surface area contributed by atoms with E-state index >= 15 is 0 Å². The summed E-state index contributed by atoms with van der Waals surface area (Å²) >= 11 is 1.85. The standard InChI is InChI=1S/C61H41N3S/c1-5-19-42(20-6-1)62(43-21-7-2-8-22-43)48-33-36-51-52-39-46(35-38-59(52)65-60(51)41-48)63(44-23-9-3-10-24-44)47-34-37-56-58(40-47)64(45-25-11-4-12-26-45)57-32-18-17-31-55(57)61(56)53-29-15-13-27-49(53)50-28-14-16-30-54(50)61/h1-41H. The average Bonchev–Trinajstić information content (AvgIpc) is 3.89. The van der Waals surface area contributed by atoms with Gasteiger partial charge in [0.15, 0.2) is 0 Å². The Morgan fingerprint density at radius 2 is 0.769 bits per heavy atom. The number of benzene rings is 10. The van der Waals surface area contributed by atoms with Crippen LogP contribution in [0.15, 0.2) is 249 Å². The fourth-order valence-electron chi connectivity index (χ4n) is 10.8. The molecule has 0 amide bonds. The van der Waals surface area contributed by atoms with E-state index in [1.165, 1.54) is 59.2 Å². The summed E-state index contributed by atoms with van der Waals surface area (Å²) in [6.45, 7) is 0. The summed E-state index contributed by atoms with van der Waals surface area (Å²) in [6, 6.07) is 91.2. The van der Waals surface area contributed by atoms with Crippen molar-refractivity contribution in [2.75, 3.05) is 14.7 Å². The fraction of sp³-hybridized carbons (Fsp3) is 0.0164. The zero-order valence-electron chi connectivity index (χ0n) is 35.4. The van der Waals surface area contributed by atoms with Crippen LogP contribution in [0, 0.1) is 0 Å². The Balaban J connectivity index is 1.01. The number of fused-ring (bicyclic) bond motifs is 12. The van der Waals surface area contributed by atoms with Crippen LogP contribution < -0.4 is 14.7 Å². The number of anilines is 9. The molecule has 0 bridgehead atoms. The molecule has 0 saturated carbocycles. The summed E-state index contributed by atoms with van der Waals surface area (Å²) < 4.78 is 2.52. The monoisotopic (exact) mass is 847 g/mol. The average molecular weight is 848 g/mol. The molecule has 0 unspecified atom stereocenters. The van der Waals surface area contributed by atoms with Crippen LogP contribution in [0.3, 0.4) is 0 Å². The molecule has 13 rings (SSSR count). The first-order valence-electron chi connectivity index (χ1n) is 22.3. The second-order valence-corrected chi connectivity index (χ2v) is 18.0. The van der Waals surface area contributed by atoms with E-state index in [9.17, 15) is 0 Å². The minimum absolute atomic E-state index is 0.509. The van der Waals surface area contributed by atoms with Crippen LogP contribution in [0.2, 0.25) is 0 Å². The number of rotatable bonds is 7. The smallest absolute Gasteiger partial charge is 0.0754 e. The first-order chi connectivity index (χ1) is 32.3. The third-order valence-electron chi connectivity index (χ3n) is 13.4. The molecule has 0 N–H and O–H groups in total. The highest BCUT2D eigenvalue weighted by Crippen LogP contribution is 2.64. The second kappa shape index (κ2) is 15.0. The molecule has 0 fully saturated rings. The van der Waals surface area contributed by atoms with E-state index in [0.29, 0.717) is 0 Å². The molecule has 1 aliphatic heterocycles. The lowest BCUT2D eigenvalue weighted by molar-refractivity contribution is 0.752. The molecular weight excluding hydrogens is 807 g/mol. The topological polar surface area (TPSA) is 9.72 Å². The molecule has 0 atom stereocenters. The van der Waals surface area contributed by atoms with Gasteiger partial charge in [-0.05, 0) is 130 Å². The normalized spacial score (nSPS) is 13.0. The van der Waals surface area contributed by atoms with Gasteiger partial charge >= 0.3 is 0 Å². The molecule has 2 aliphatic rings. The molecule has 1 spiro atoms. The highest BCUT2D eigenvalue weighted by atomic mass is 32.1. The molecule has 1 aliphatic carbocycles. The summed E-state index contributed by atoms with van der Waals surface area (Å²) in [7, 11) is 0. The number of hydrogen-bond donors (Lipinski definition) is 0. The van der Waals surface area contributed by atoms with Gasteiger partial charge < -0.3 is 14.7 Å². The van der Waals surface area contributed by atoms with Gasteiger partial charge in [0, 0.05) is 60.0 Å². The quantitative estimate of drug-likeness (QED) is 0.158. The Labute approximate surface area is 383 Å². The van der Waals surface area contributed by atoms with Crippen LogP contribution in [-0.2, 0) is 5.41 Å². The van der Waals surface area contributed by atoms with Gasteiger partial charge in [-0.2, -0.15) is 0 Å². The molecule has 1 aromatic heterocycles. The molecule has 0 saturated heterocycles. The van der Waals surface area contributed by atoms with Crippen LogP contribution in [0.4, 0.5) is 51.2 Å². The summed E-state index contributed by atoms with van der Waals surface area (Å²) in [6.07, 6.45) is 0. The van der Waals surface area contributed by atoms with Crippen molar-refractivity contribution >= 4 is 82.7 Å². The van der Waals surface area contributed by atoms with Crippen molar-refractivity contribution in [2.45, 2.75) is 5.41 Å². The van der Waals surface area contributed by atoms with Crippen LogP contribution in [0.1, 0.15) is 22.3 Å². The highest BCUT2D eigenvalue weighted by molar-refractivity contribution is 7.25. The molecule has 3 nitrogen and oxygen atoms in total. The van der Waals surface area contributed by atoms with Gasteiger partial charge in [-0.3, -0.25) is 0 Å². The SMILES string of the molecule is c1ccc(N(c2ccccc2)c2ccc3c(c2)sc2ccc(N(c4ccccc4)c4ccc5c(c4)N(c4ccccc4)c4ccccc4C54c5ccccc5-c5ccccc54)cc23)cc1. The van der Waals surface area contributed by atoms with Gasteiger partial charge in [0.2, 0.25) is 0 Å². The zero-order chi connectivity index (χ0) is 42.9. The minimum atomic E-state index is -0.509.